The number of thiocarbonyl (C=S) groups is 1. The van der Waals surface area contributed by atoms with Crippen LogP contribution in [0.4, 0.5) is 11.4 Å². The Balaban J connectivity index is 1.98. The summed E-state index contributed by atoms with van der Waals surface area (Å²) in [6.07, 6.45) is 3.27. The van der Waals surface area contributed by atoms with E-state index < -0.39 is 4.92 Å². The maximum atomic E-state index is 13.0. The molecule has 7 nitrogen and oxygen atoms in total. The molecule has 0 spiro atoms. The van der Waals surface area contributed by atoms with Crippen molar-refractivity contribution >= 4 is 51.7 Å². The van der Waals surface area contributed by atoms with Gasteiger partial charge in [0, 0.05) is 17.7 Å². The first-order valence-corrected chi connectivity index (χ1v) is 9.62. The zero-order chi connectivity index (χ0) is 21.0. The summed E-state index contributed by atoms with van der Waals surface area (Å²) < 4.78 is 11.3. The van der Waals surface area contributed by atoms with Crippen molar-refractivity contribution in [2.45, 2.75) is 0 Å². The van der Waals surface area contributed by atoms with Crippen molar-refractivity contribution in [3.05, 3.63) is 75.7 Å². The number of carbonyl (C=O) groups excluding carboxylic acids is 1. The molecule has 0 atom stereocenters. The zero-order valence-corrected chi connectivity index (χ0v) is 17.0. The summed E-state index contributed by atoms with van der Waals surface area (Å²) in [6, 6.07) is 11.1. The van der Waals surface area contributed by atoms with Gasteiger partial charge in [-0.25, -0.2) is 0 Å². The fourth-order valence-electron chi connectivity index (χ4n) is 2.68. The second-order valence-corrected chi connectivity index (χ2v) is 7.45. The van der Waals surface area contributed by atoms with Crippen LogP contribution >= 0.6 is 24.0 Å². The van der Waals surface area contributed by atoms with Crippen molar-refractivity contribution in [2.75, 3.05) is 18.6 Å². The molecule has 0 aliphatic carbocycles. The molecular formula is C20H16N2O5S2. The van der Waals surface area contributed by atoms with Gasteiger partial charge in [0.05, 0.1) is 22.6 Å². The fourth-order valence-corrected chi connectivity index (χ4v) is 3.97. The Morgan fingerprint density at radius 1 is 1.31 bits per heavy atom. The van der Waals surface area contributed by atoms with Crippen molar-refractivity contribution in [3.63, 3.8) is 0 Å². The quantitative estimate of drug-likeness (QED) is 0.210. The molecule has 29 heavy (non-hydrogen) atoms. The molecule has 148 valence electrons. The van der Waals surface area contributed by atoms with E-state index in [9.17, 15) is 14.9 Å². The number of anilines is 1. The van der Waals surface area contributed by atoms with Gasteiger partial charge in [-0.3, -0.25) is 19.8 Å². The topological polar surface area (TPSA) is 81.9 Å². The van der Waals surface area contributed by atoms with E-state index in [4.69, 9.17) is 21.7 Å². The number of non-ortho nitro benzene ring substituents is 1. The first-order valence-electron chi connectivity index (χ1n) is 8.39. The SMILES string of the molecule is C=CCOc1c(/C=C2/SC(=S)N(c3cccc([N+](=O)[O-])c3)C2=O)cccc1OC. The Labute approximate surface area is 176 Å². The predicted molar refractivity (Wildman–Crippen MR) is 117 cm³/mol. The molecule has 1 aliphatic heterocycles. The number of para-hydroxylation sites is 1. The highest BCUT2D eigenvalue weighted by molar-refractivity contribution is 8.27. The largest absolute Gasteiger partial charge is 0.493 e. The predicted octanol–water partition coefficient (Wildman–Crippen LogP) is 4.57. The number of amides is 1. The Hall–Kier alpha value is -3.17. The van der Waals surface area contributed by atoms with E-state index in [1.54, 1.807) is 36.4 Å². The molecule has 3 rings (SSSR count). The highest BCUT2D eigenvalue weighted by Crippen LogP contribution is 2.39. The van der Waals surface area contributed by atoms with Gasteiger partial charge >= 0.3 is 0 Å². The number of nitrogens with zero attached hydrogens (tertiary/aromatic N) is 2. The molecular weight excluding hydrogens is 412 g/mol. The molecule has 1 saturated heterocycles. The highest BCUT2D eigenvalue weighted by Gasteiger charge is 2.34. The summed E-state index contributed by atoms with van der Waals surface area (Å²) in [7, 11) is 1.53. The first kappa shape index (κ1) is 20.6. The second kappa shape index (κ2) is 8.89. The number of ether oxygens (including phenoxy) is 2. The average molecular weight is 428 g/mol. The number of hydrogen-bond acceptors (Lipinski definition) is 7. The maximum absolute atomic E-state index is 13.0. The van der Waals surface area contributed by atoms with Crippen molar-refractivity contribution in [2.24, 2.45) is 0 Å². The number of thioether (sulfide) groups is 1. The zero-order valence-electron chi connectivity index (χ0n) is 15.4. The Morgan fingerprint density at radius 3 is 2.76 bits per heavy atom. The number of rotatable bonds is 7. The van der Waals surface area contributed by atoms with Crippen LogP contribution in [0.5, 0.6) is 11.5 Å². The van der Waals surface area contributed by atoms with Crippen LogP contribution in [0.2, 0.25) is 0 Å². The van der Waals surface area contributed by atoms with Crippen LogP contribution in [0, 0.1) is 10.1 Å². The monoisotopic (exact) mass is 428 g/mol. The van der Waals surface area contributed by atoms with Gasteiger partial charge in [0.15, 0.2) is 15.8 Å². The van der Waals surface area contributed by atoms with E-state index in [1.807, 2.05) is 0 Å². The summed E-state index contributed by atoms with van der Waals surface area (Å²) in [5.41, 5.74) is 0.873. The van der Waals surface area contributed by atoms with Crippen molar-refractivity contribution < 1.29 is 19.2 Å². The van der Waals surface area contributed by atoms with Gasteiger partial charge < -0.3 is 9.47 Å². The minimum atomic E-state index is -0.517. The highest BCUT2D eigenvalue weighted by atomic mass is 32.2. The lowest BCUT2D eigenvalue weighted by atomic mass is 10.1. The Bertz CT molecular complexity index is 1040. The normalized spacial score (nSPS) is 14.9. The number of hydrogen-bond donors (Lipinski definition) is 0. The third-order valence-corrected chi connectivity index (χ3v) is 5.26. The Kier molecular flexibility index (Phi) is 6.30. The van der Waals surface area contributed by atoms with Gasteiger partial charge in [-0.15, -0.1) is 0 Å². The Morgan fingerprint density at radius 2 is 2.07 bits per heavy atom. The molecule has 0 radical (unpaired) electrons. The molecule has 0 bridgehead atoms. The van der Waals surface area contributed by atoms with E-state index in [1.165, 1.54) is 30.2 Å². The van der Waals surface area contributed by atoms with Crippen LogP contribution in [-0.4, -0.2) is 28.9 Å². The fraction of sp³-hybridized carbons (Fsp3) is 0.100. The van der Waals surface area contributed by atoms with E-state index in [0.717, 1.165) is 11.8 Å². The lowest BCUT2D eigenvalue weighted by Gasteiger charge is -2.14. The summed E-state index contributed by atoms with van der Waals surface area (Å²) in [5, 5.41) is 11.0. The van der Waals surface area contributed by atoms with Crippen LogP contribution in [0.15, 0.2) is 60.0 Å². The van der Waals surface area contributed by atoms with Gasteiger partial charge in [-0.1, -0.05) is 54.8 Å². The molecule has 1 heterocycles. The van der Waals surface area contributed by atoms with Gasteiger partial charge in [-0.2, -0.15) is 0 Å². The van der Waals surface area contributed by atoms with Crippen molar-refractivity contribution in [1.82, 2.24) is 0 Å². The molecule has 1 fully saturated rings. The molecule has 0 aromatic heterocycles. The molecule has 0 saturated carbocycles. The van der Waals surface area contributed by atoms with E-state index >= 15 is 0 Å². The summed E-state index contributed by atoms with van der Waals surface area (Å²) in [5.74, 6) is 0.642. The first-order chi connectivity index (χ1) is 14.0. The van der Waals surface area contributed by atoms with Crippen LogP contribution in [-0.2, 0) is 4.79 Å². The molecule has 0 unspecified atom stereocenters. The molecule has 1 aliphatic rings. The molecule has 1 amide bonds. The standard InChI is InChI=1S/C20H16N2O5S2/c1-3-10-27-18-13(6-4-9-16(18)26-2)11-17-19(23)21(20(28)29-17)14-7-5-8-15(12-14)22(24)25/h3-9,11-12H,1,10H2,2H3/b17-11+. The number of carbonyl (C=O) groups is 1. The van der Waals surface area contributed by atoms with Crippen LogP contribution in [0.25, 0.3) is 6.08 Å². The van der Waals surface area contributed by atoms with E-state index in [2.05, 4.69) is 6.58 Å². The van der Waals surface area contributed by atoms with Crippen molar-refractivity contribution in [1.29, 1.82) is 0 Å². The second-order valence-electron chi connectivity index (χ2n) is 5.77. The molecule has 2 aromatic rings. The van der Waals surface area contributed by atoms with Crippen LogP contribution < -0.4 is 14.4 Å². The molecule has 0 N–H and O–H groups in total. The molecule has 9 heteroatoms. The lowest BCUT2D eigenvalue weighted by Crippen LogP contribution is -2.27. The number of nitro groups is 1. The minimum absolute atomic E-state index is 0.117. The van der Waals surface area contributed by atoms with E-state index in [-0.39, 0.29) is 18.2 Å². The van der Waals surface area contributed by atoms with Gasteiger partial charge in [-0.05, 0) is 18.2 Å². The van der Waals surface area contributed by atoms with Crippen LogP contribution in [0.3, 0.4) is 0 Å². The van der Waals surface area contributed by atoms with Crippen LogP contribution in [0.1, 0.15) is 5.56 Å². The average Bonchev–Trinajstić information content (AvgIpc) is 2.99. The van der Waals surface area contributed by atoms with Gasteiger partial charge in [0.2, 0.25) is 0 Å². The summed E-state index contributed by atoms with van der Waals surface area (Å²) >= 11 is 6.46. The summed E-state index contributed by atoms with van der Waals surface area (Å²) in [6.45, 7) is 3.91. The smallest absolute Gasteiger partial charge is 0.271 e. The number of nitro benzene ring substituents is 1. The number of methoxy groups -OCH3 is 1. The van der Waals surface area contributed by atoms with Gasteiger partial charge in [0.25, 0.3) is 11.6 Å². The maximum Gasteiger partial charge on any atom is 0.271 e. The summed E-state index contributed by atoms with van der Waals surface area (Å²) in [4.78, 5) is 25.2. The number of benzene rings is 2. The minimum Gasteiger partial charge on any atom is -0.493 e. The third-order valence-electron chi connectivity index (χ3n) is 3.95. The van der Waals surface area contributed by atoms with Gasteiger partial charge in [0.1, 0.15) is 6.61 Å². The van der Waals surface area contributed by atoms with E-state index in [0.29, 0.717) is 32.0 Å². The molecule has 2 aromatic carbocycles. The van der Waals surface area contributed by atoms with Crippen molar-refractivity contribution in [3.8, 4) is 11.5 Å². The lowest BCUT2D eigenvalue weighted by molar-refractivity contribution is -0.384. The third kappa shape index (κ3) is 4.30.